The van der Waals surface area contributed by atoms with Crippen LogP contribution in [0.3, 0.4) is 0 Å². The van der Waals surface area contributed by atoms with Crippen molar-refractivity contribution in [1.82, 2.24) is 10.2 Å². The normalized spacial score (nSPS) is 23.2. The first-order chi connectivity index (χ1) is 9.85. The van der Waals surface area contributed by atoms with Crippen LogP contribution < -0.4 is 5.32 Å². The van der Waals surface area contributed by atoms with Gasteiger partial charge in [-0.1, -0.05) is 58.3 Å². The van der Waals surface area contributed by atoms with E-state index in [1.165, 1.54) is 103 Å². The van der Waals surface area contributed by atoms with Gasteiger partial charge in [0, 0.05) is 12.1 Å². The summed E-state index contributed by atoms with van der Waals surface area (Å²) in [6.45, 7) is 7.53. The molecule has 0 aromatic heterocycles. The van der Waals surface area contributed by atoms with Crippen LogP contribution in [0, 0.1) is 0 Å². The van der Waals surface area contributed by atoms with E-state index < -0.39 is 0 Å². The van der Waals surface area contributed by atoms with Crippen molar-refractivity contribution in [3.05, 3.63) is 0 Å². The van der Waals surface area contributed by atoms with Gasteiger partial charge in [-0.25, -0.2) is 0 Å². The van der Waals surface area contributed by atoms with Crippen LogP contribution >= 0.6 is 0 Å². The first-order valence-corrected chi connectivity index (χ1v) is 9.32. The quantitative estimate of drug-likeness (QED) is 0.665. The summed E-state index contributed by atoms with van der Waals surface area (Å²) in [7, 11) is 0. The first-order valence-electron chi connectivity index (χ1n) is 9.32. The first kappa shape index (κ1) is 16.3. The molecule has 0 bridgehead atoms. The summed E-state index contributed by atoms with van der Waals surface area (Å²) < 4.78 is 0. The average Bonchev–Trinajstić information content (AvgIpc) is 2.80. The summed E-state index contributed by atoms with van der Waals surface area (Å²) in [5.41, 5.74) is 0.498. The minimum Gasteiger partial charge on any atom is -0.310 e. The number of hydrogen-bond donors (Lipinski definition) is 1. The number of nitrogens with one attached hydrogen (secondary N) is 1. The van der Waals surface area contributed by atoms with Crippen LogP contribution in [-0.2, 0) is 0 Å². The van der Waals surface area contributed by atoms with Gasteiger partial charge >= 0.3 is 0 Å². The van der Waals surface area contributed by atoms with Crippen LogP contribution in [0.5, 0.6) is 0 Å². The van der Waals surface area contributed by atoms with Gasteiger partial charge in [-0.15, -0.1) is 0 Å². The number of unbranched alkanes of at least 4 members (excludes halogenated alkanes) is 6. The van der Waals surface area contributed by atoms with Crippen molar-refractivity contribution in [2.75, 3.05) is 26.2 Å². The maximum Gasteiger partial charge on any atom is 0.0308 e. The molecular formula is C18H36N2. The van der Waals surface area contributed by atoms with E-state index in [9.17, 15) is 0 Å². The van der Waals surface area contributed by atoms with E-state index >= 15 is 0 Å². The van der Waals surface area contributed by atoms with Gasteiger partial charge in [-0.05, 0) is 45.3 Å². The van der Waals surface area contributed by atoms with Crippen molar-refractivity contribution in [2.24, 2.45) is 0 Å². The molecule has 2 nitrogen and oxygen atoms in total. The van der Waals surface area contributed by atoms with Crippen molar-refractivity contribution in [1.29, 1.82) is 0 Å². The van der Waals surface area contributed by atoms with Crippen molar-refractivity contribution in [2.45, 2.75) is 89.5 Å². The Labute approximate surface area is 126 Å². The molecule has 1 spiro atoms. The summed E-state index contributed by atoms with van der Waals surface area (Å²) in [6.07, 6.45) is 17.1. The lowest BCUT2D eigenvalue weighted by Gasteiger charge is -2.33. The standard InChI is InChI=1S/C18H36N2/c1-2-3-4-5-6-7-10-15-20-16-11-14-19-18(17-20)12-8-9-13-18/h19H,2-17H2,1H3. The summed E-state index contributed by atoms with van der Waals surface area (Å²) in [4.78, 5) is 2.76. The molecule has 2 heteroatoms. The Morgan fingerprint density at radius 2 is 1.60 bits per heavy atom. The van der Waals surface area contributed by atoms with Crippen LogP contribution in [0.15, 0.2) is 0 Å². The highest BCUT2D eigenvalue weighted by Gasteiger charge is 2.35. The van der Waals surface area contributed by atoms with E-state index in [1.54, 1.807) is 0 Å². The Morgan fingerprint density at radius 3 is 2.35 bits per heavy atom. The van der Waals surface area contributed by atoms with Gasteiger partial charge in [0.05, 0.1) is 0 Å². The molecule has 2 aliphatic rings. The highest BCUT2D eigenvalue weighted by Crippen LogP contribution is 2.31. The van der Waals surface area contributed by atoms with Crippen LogP contribution in [0.1, 0.15) is 84.0 Å². The molecule has 2 fully saturated rings. The lowest BCUT2D eigenvalue weighted by molar-refractivity contribution is 0.206. The van der Waals surface area contributed by atoms with Crippen molar-refractivity contribution >= 4 is 0 Å². The molecule has 0 aromatic rings. The lowest BCUT2D eigenvalue weighted by atomic mass is 9.97. The van der Waals surface area contributed by atoms with Gasteiger partial charge in [0.1, 0.15) is 0 Å². The predicted octanol–water partition coefficient (Wildman–Crippen LogP) is 4.35. The van der Waals surface area contributed by atoms with Crippen LogP contribution in [0.4, 0.5) is 0 Å². The maximum absolute atomic E-state index is 3.87. The van der Waals surface area contributed by atoms with Crippen molar-refractivity contribution in [3.8, 4) is 0 Å². The fraction of sp³-hybridized carbons (Fsp3) is 1.00. The second kappa shape index (κ2) is 9.04. The van der Waals surface area contributed by atoms with E-state index in [-0.39, 0.29) is 0 Å². The zero-order valence-electron chi connectivity index (χ0n) is 13.8. The molecule has 0 radical (unpaired) electrons. The van der Waals surface area contributed by atoms with Gasteiger partial charge in [0.15, 0.2) is 0 Å². The third-order valence-corrected chi connectivity index (χ3v) is 5.32. The average molecular weight is 280 g/mol. The number of nitrogens with zero attached hydrogens (tertiary/aromatic N) is 1. The largest absolute Gasteiger partial charge is 0.310 e. The molecule has 1 aliphatic heterocycles. The zero-order chi connectivity index (χ0) is 14.1. The molecule has 0 amide bonds. The molecule has 1 saturated carbocycles. The molecule has 0 unspecified atom stereocenters. The minimum absolute atomic E-state index is 0.498. The monoisotopic (exact) mass is 280 g/mol. The minimum atomic E-state index is 0.498. The molecule has 1 aliphatic carbocycles. The smallest absolute Gasteiger partial charge is 0.0308 e. The second-order valence-corrected chi connectivity index (χ2v) is 7.17. The van der Waals surface area contributed by atoms with Crippen LogP contribution in [0.2, 0.25) is 0 Å². The summed E-state index contributed by atoms with van der Waals surface area (Å²) >= 11 is 0. The molecule has 118 valence electrons. The van der Waals surface area contributed by atoms with Gasteiger partial charge in [-0.2, -0.15) is 0 Å². The van der Waals surface area contributed by atoms with E-state index in [0.29, 0.717) is 5.54 Å². The molecule has 1 heterocycles. The zero-order valence-corrected chi connectivity index (χ0v) is 13.8. The molecule has 0 atom stereocenters. The molecule has 0 aromatic carbocycles. The Bertz CT molecular complexity index is 246. The molecular weight excluding hydrogens is 244 g/mol. The van der Waals surface area contributed by atoms with Gasteiger partial charge in [-0.3, -0.25) is 0 Å². The van der Waals surface area contributed by atoms with Crippen LogP contribution in [0.25, 0.3) is 0 Å². The lowest BCUT2D eigenvalue weighted by Crippen LogP contribution is -2.49. The number of rotatable bonds is 8. The van der Waals surface area contributed by atoms with Gasteiger partial charge < -0.3 is 10.2 Å². The summed E-state index contributed by atoms with van der Waals surface area (Å²) in [5, 5.41) is 3.87. The van der Waals surface area contributed by atoms with E-state index in [4.69, 9.17) is 0 Å². The van der Waals surface area contributed by atoms with E-state index in [1.807, 2.05) is 0 Å². The Morgan fingerprint density at radius 1 is 0.900 bits per heavy atom. The van der Waals surface area contributed by atoms with E-state index in [0.717, 1.165) is 0 Å². The summed E-state index contributed by atoms with van der Waals surface area (Å²) in [5.74, 6) is 0. The molecule has 2 rings (SSSR count). The van der Waals surface area contributed by atoms with E-state index in [2.05, 4.69) is 17.1 Å². The Kier molecular flexibility index (Phi) is 7.37. The highest BCUT2D eigenvalue weighted by atomic mass is 15.2. The summed E-state index contributed by atoms with van der Waals surface area (Å²) in [6, 6.07) is 0. The van der Waals surface area contributed by atoms with Crippen molar-refractivity contribution in [3.63, 3.8) is 0 Å². The Hall–Kier alpha value is -0.0800. The van der Waals surface area contributed by atoms with Crippen LogP contribution in [-0.4, -0.2) is 36.6 Å². The Balaban J connectivity index is 1.59. The SMILES string of the molecule is CCCCCCCCCN1CCCNC2(CCCC2)C1. The second-order valence-electron chi connectivity index (χ2n) is 7.17. The van der Waals surface area contributed by atoms with Crippen molar-refractivity contribution < 1.29 is 0 Å². The fourth-order valence-corrected chi connectivity index (χ4v) is 4.09. The number of hydrogen-bond acceptors (Lipinski definition) is 2. The van der Waals surface area contributed by atoms with Gasteiger partial charge in [0.25, 0.3) is 0 Å². The third-order valence-electron chi connectivity index (χ3n) is 5.32. The molecule has 20 heavy (non-hydrogen) atoms. The topological polar surface area (TPSA) is 15.3 Å². The maximum atomic E-state index is 3.87. The highest BCUT2D eigenvalue weighted by molar-refractivity contribution is 4.96. The predicted molar refractivity (Wildman–Crippen MR) is 88.3 cm³/mol. The molecule has 1 N–H and O–H groups in total. The van der Waals surface area contributed by atoms with Gasteiger partial charge in [0.2, 0.25) is 0 Å². The molecule has 1 saturated heterocycles. The fourth-order valence-electron chi connectivity index (χ4n) is 4.09. The third kappa shape index (κ3) is 5.37.